The summed E-state index contributed by atoms with van der Waals surface area (Å²) in [5, 5.41) is 10.5. The van der Waals surface area contributed by atoms with Crippen LogP contribution >= 0.6 is 11.3 Å². The van der Waals surface area contributed by atoms with Gasteiger partial charge < -0.3 is 10.0 Å². The van der Waals surface area contributed by atoms with Crippen molar-refractivity contribution in [1.82, 2.24) is 0 Å². The standard InChI is InChI=1S/C17H17NO2S/c1-2-18(15-8-4-3-5-9-15)17(20)14-12-16(21-13-14)10-6-7-11-19/h3-5,8-9,12-13,19H,2,7,11H2,1H3. The van der Waals surface area contributed by atoms with Gasteiger partial charge in [0.15, 0.2) is 0 Å². The van der Waals surface area contributed by atoms with Crippen LogP contribution in [0.25, 0.3) is 0 Å². The number of anilines is 1. The Hall–Kier alpha value is -2.09. The van der Waals surface area contributed by atoms with E-state index < -0.39 is 0 Å². The van der Waals surface area contributed by atoms with Gasteiger partial charge in [-0.2, -0.15) is 0 Å². The lowest BCUT2D eigenvalue weighted by atomic mass is 10.2. The van der Waals surface area contributed by atoms with Crippen LogP contribution in [0.2, 0.25) is 0 Å². The Kier molecular flexibility index (Phi) is 5.56. The van der Waals surface area contributed by atoms with E-state index in [1.165, 1.54) is 11.3 Å². The molecular weight excluding hydrogens is 282 g/mol. The zero-order valence-electron chi connectivity index (χ0n) is 11.9. The third-order valence-corrected chi connectivity index (χ3v) is 3.77. The molecular formula is C17H17NO2S. The quantitative estimate of drug-likeness (QED) is 0.881. The molecule has 0 saturated carbocycles. The van der Waals surface area contributed by atoms with Gasteiger partial charge in [0.05, 0.1) is 17.0 Å². The molecule has 108 valence electrons. The zero-order chi connectivity index (χ0) is 15.1. The van der Waals surface area contributed by atoms with Crippen molar-refractivity contribution >= 4 is 22.9 Å². The van der Waals surface area contributed by atoms with E-state index in [1.807, 2.05) is 48.7 Å². The molecule has 0 aliphatic rings. The van der Waals surface area contributed by atoms with Gasteiger partial charge in [0.2, 0.25) is 0 Å². The first-order valence-electron chi connectivity index (χ1n) is 6.81. The Balaban J connectivity index is 2.18. The summed E-state index contributed by atoms with van der Waals surface area (Å²) >= 11 is 1.45. The van der Waals surface area contributed by atoms with Crippen molar-refractivity contribution in [2.75, 3.05) is 18.1 Å². The Bertz CT molecular complexity index is 652. The molecule has 0 saturated heterocycles. The molecule has 2 rings (SSSR count). The van der Waals surface area contributed by atoms with E-state index in [0.29, 0.717) is 18.5 Å². The second kappa shape index (κ2) is 7.63. The van der Waals surface area contributed by atoms with Crippen molar-refractivity contribution in [2.24, 2.45) is 0 Å². The highest BCUT2D eigenvalue weighted by Gasteiger charge is 2.16. The molecule has 1 amide bonds. The Morgan fingerprint density at radius 1 is 1.33 bits per heavy atom. The molecule has 0 radical (unpaired) electrons. The van der Waals surface area contributed by atoms with Crippen LogP contribution in [0.1, 0.15) is 28.6 Å². The molecule has 0 fully saturated rings. The van der Waals surface area contributed by atoms with E-state index in [2.05, 4.69) is 11.8 Å². The molecule has 21 heavy (non-hydrogen) atoms. The number of benzene rings is 1. The van der Waals surface area contributed by atoms with E-state index in [4.69, 9.17) is 5.11 Å². The highest BCUT2D eigenvalue weighted by atomic mass is 32.1. The minimum atomic E-state index is -0.0184. The second-order valence-corrected chi connectivity index (χ2v) is 5.27. The lowest BCUT2D eigenvalue weighted by molar-refractivity contribution is 0.0988. The maximum atomic E-state index is 12.6. The fourth-order valence-electron chi connectivity index (χ4n) is 1.93. The largest absolute Gasteiger partial charge is 0.395 e. The molecule has 0 spiro atoms. The summed E-state index contributed by atoms with van der Waals surface area (Å²) in [7, 11) is 0. The average molecular weight is 299 g/mol. The van der Waals surface area contributed by atoms with E-state index in [-0.39, 0.29) is 12.5 Å². The third-order valence-electron chi connectivity index (χ3n) is 2.92. The Labute approximate surface area is 128 Å². The first kappa shape index (κ1) is 15.3. The first-order valence-corrected chi connectivity index (χ1v) is 7.69. The number of hydrogen-bond donors (Lipinski definition) is 1. The monoisotopic (exact) mass is 299 g/mol. The van der Waals surface area contributed by atoms with Crippen LogP contribution in [-0.2, 0) is 0 Å². The lowest BCUT2D eigenvalue weighted by Gasteiger charge is -2.20. The highest BCUT2D eigenvalue weighted by molar-refractivity contribution is 7.10. The molecule has 0 bridgehead atoms. The van der Waals surface area contributed by atoms with Gasteiger partial charge in [0.1, 0.15) is 0 Å². The van der Waals surface area contributed by atoms with Crippen molar-refractivity contribution in [3.05, 3.63) is 52.2 Å². The molecule has 4 heteroatoms. The number of aliphatic hydroxyl groups is 1. The molecule has 0 atom stereocenters. The van der Waals surface area contributed by atoms with Gasteiger partial charge in [-0.25, -0.2) is 0 Å². The summed E-state index contributed by atoms with van der Waals surface area (Å²) in [5.41, 5.74) is 1.54. The van der Waals surface area contributed by atoms with E-state index in [1.54, 1.807) is 4.90 Å². The third kappa shape index (κ3) is 3.94. The predicted molar refractivity (Wildman–Crippen MR) is 86.7 cm³/mol. The van der Waals surface area contributed by atoms with Crippen LogP contribution in [0, 0.1) is 11.8 Å². The first-order chi connectivity index (χ1) is 10.3. The molecule has 1 heterocycles. The van der Waals surface area contributed by atoms with Crippen LogP contribution in [0.3, 0.4) is 0 Å². The average Bonchev–Trinajstić information content (AvgIpc) is 2.98. The molecule has 0 aliphatic carbocycles. The van der Waals surface area contributed by atoms with Crippen LogP contribution in [0.5, 0.6) is 0 Å². The van der Waals surface area contributed by atoms with Gasteiger partial charge >= 0.3 is 0 Å². The Morgan fingerprint density at radius 2 is 2.10 bits per heavy atom. The van der Waals surface area contributed by atoms with Gasteiger partial charge in [-0.15, -0.1) is 11.3 Å². The normalized spacial score (nSPS) is 9.81. The minimum absolute atomic E-state index is 0.0184. The number of carbonyl (C=O) groups is 1. The fraction of sp³-hybridized carbons (Fsp3) is 0.235. The Morgan fingerprint density at radius 3 is 2.76 bits per heavy atom. The van der Waals surface area contributed by atoms with Crippen molar-refractivity contribution in [1.29, 1.82) is 0 Å². The predicted octanol–water partition coefficient (Wildman–Crippen LogP) is 3.15. The number of rotatable bonds is 4. The maximum Gasteiger partial charge on any atom is 0.259 e. The van der Waals surface area contributed by atoms with Crippen LogP contribution < -0.4 is 4.90 Å². The number of amides is 1. The van der Waals surface area contributed by atoms with Crippen molar-refractivity contribution < 1.29 is 9.90 Å². The zero-order valence-corrected chi connectivity index (χ0v) is 12.7. The molecule has 0 aliphatic heterocycles. The summed E-state index contributed by atoms with van der Waals surface area (Å²) < 4.78 is 0. The van der Waals surface area contributed by atoms with Crippen molar-refractivity contribution in [3.63, 3.8) is 0 Å². The van der Waals surface area contributed by atoms with Gasteiger partial charge in [0.25, 0.3) is 5.91 Å². The summed E-state index contributed by atoms with van der Waals surface area (Å²) in [5.74, 6) is 5.80. The number of para-hydroxylation sites is 1. The molecule has 0 unspecified atom stereocenters. The molecule has 2 aromatic rings. The summed E-state index contributed by atoms with van der Waals surface area (Å²) in [6.07, 6.45) is 0.451. The minimum Gasteiger partial charge on any atom is -0.395 e. The van der Waals surface area contributed by atoms with E-state index >= 15 is 0 Å². The van der Waals surface area contributed by atoms with E-state index in [0.717, 1.165) is 10.6 Å². The van der Waals surface area contributed by atoms with Crippen LogP contribution in [-0.4, -0.2) is 24.2 Å². The number of aliphatic hydroxyl groups excluding tert-OH is 1. The summed E-state index contributed by atoms with van der Waals surface area (Å²) in [4.78, 5) is 15.2. The van der Waals surface area contributed by atoms with Gasteiger partial charge in [0, 0.05) is 24.0 Å². The molecule has 1 N–H and O–H groups in total. The van der Waals surface area contributed by atoms with Crippen LogP contribution in [0.15, 0.2) is 41.8 Å². The highest BCUT2D eigenvalue weighted by Crippen LogP contribution is 2.20. The SMILES string of the molecule is CCN(C(=O)c1csc(C#CCCO)c1)c1ccccc1. The van der Waals surface area contributed by atoms with Gasteiger partial charge in [-0.05, 0) is 25.1 Å². The molecule has 1 aromatic carbocycles. The second-order valence-electron chi connectivity index (χ2n) is 4.36. The van der Waals surface area contributed by atoms with Crippen molar-refractivity contribution in [3.8, 4) is 11.8 Å². The number of hydrogen-bond acceptors (Lipinski definition) is 3. The maximum absolute atomic E-state index is 12.6. The lowest BCUT2D eigenvalue weighted by Crippen LogP contribution is -2.30. The van der Waals surface area contributed by atoms with Crippen LogP contribution in [0.4, 0.5) is 5.69 Å². The number of thiophene rings is 1. The number of carbonyl (C=O) groups excluding carboxylic acids is 1. The van der Waals surface area contributed by atoms with Crippen molar-refractivity contribution in [2.45, 2.75) is 13.3 Å². The topological polar surface area (TPSA) is 40.5 Å². The summed E-state index contributed by atoms with van der Waals surface area (Å²) in [6.45, 7) is 2.63. The molecule has 3 nitrogen and oxygen atoms in total. The van der Waals surface area contributed by atoms with Gasteiger partial charge in [-0.1, -0.05) is 30.0 Å². The number of nitrogens with zero attached hydrogens (tertiary/aromatic N) is 1. The summed E-state index contributed by atoms with van der Waals surface area (Å²) in [6, 6.07) is 11.4. The van der Waals surface area contributed by atoms with Gasteiger partial charge in [-0.3, -0.25) is 4.79 Å². The van der Waals surface area contributed by atoms with E-state index in [9.17, 15) is 4.79 Å². The molecule has 1 aromatic heterocycles. The fourth-order valence-corrected chi connectivity index (χ4v) is 2.68. The smallest absolute Gasteiger partial charge is 0.259 e.